The first kappa shape index (κ1) is 16.8. The Balaban J connectivity index is 1.63. The molecule has 2 atom stereocenters. The summed E-state index contributed by atoms with van der Waals surface area (Å²) in [5.74, 6) is 2.95. The maximum absolute atomic E-state index is 5.66. The third kappa shape index (κ3) is 3.88. The Hall–Kier alpha value is -2.05. The van der Waals surface area contributed by atoms with Gasteiger partial charge in [-0.05, 0) is 25.1 Å². The molecule has 1 aliphatic heterocycles. The fourth-order valence-corrected chi connectivity index (χ4v) is 3.06. The SMILES string of the molecule is COc1ccc(OC)c(CN[C@@H]2COC[C@H]2Cc2cc(C)no2)c1. The van der Waals surface area contributed by atoms with Crippen LogP contribution in [0.15, 0.2) is 28.8 Å². The number of hydrogen-bond acceptors (Lipinski definition) is 6. The van der Waals surface area contributed by atoms with Crippen LogP contribution in [-0.2, 0) is 17.7 Å². The maximum Gasteiger partial charge on any atom is 0.137 e. The first-order chi connectivity index (χ1) is 11.7. The van der Waals surface area contributed by atoms with Gasteiger partial charge in [-0.2, -0.15) is 0 Å². The quantitative estimate of drug-likeness (QED) is 0.839. The van der Waals surface area contributed by atoms with E-state index in [1.54, 1.807) is 14.2 Å². The van der Waals surface area contributed by atoms with Crippen molar-refractivity contribution in [2.45, 2.75) is 25.9 Å². The van der Waals surface area contributed by atoms with Gasteiger partial charge in [-0.15, -0.1) is 0 Å². The Morgan fingerprint density at radius 1 is 1.21 bits per heavy atom. The van der Waals surface area contributed by atoms with Gasteiger partial charge in [0.15, 0.2) is 0 Å². The minimum absolute atomic E-state index is 0.270. The molecule has 24 heavy (non-hydrogen) atoms. The number of nitrogens with zero attached hydrogens (tertiary/aromatic N) is 1. The molecule has 0 bridgehead atoms. The smallest absolute Gasteiger partial charge is 0.137 e. The van der Waals surface area contributed by atoms with Gasteiger partial charge < -0.3 is 24.1 Å². The van der Waals surface area contributed by atoms with Gasteiger partial charge in [0.1, 0.15) is 17.3 Å². The standard InChI is InChI=1S/C18H24N2O4/c1-12-6-16(24-20-12)8-14-10-23-11-17(14)19-9-13-7-15(21-2)4-5-18(13)22-3/h4-7,14,17,19H,8-11H2,1-3H3/t14-,17-/m1/s1. The molecule has 0 spiro atoms. The van der Waals surface area contributed by atoms with Crippen molar-refractivity contribution in [2.75, 3.05) is 27.4 Å². The van der Waals surface area contributed by atoms with E-state index in [0.29, 0.717) is 19.1 Å². The van der Waals surface area contributed by atoms with Gasteiger partial charge in [-0.1, -0.05) is 5.16 Å². The minimum Gasteiger partial charge on any atom is -0.497 e. The Kier molecular flexibility index (Phi) is 5.37. The molecule has 0 saturated carbocycles. The lowest BCUT2D eigenvalue weighted by Gasteiger charge is -2.19. The summed E-state index contributed by atoms with van der Waals surface area (Å²) in [5, 5.41) is 7.53. The summed E-state index contributed by atoms with van der Waals surface area (Å²) in [6.45, 7) is 4.06. The largest absolute Gasteiger partial charge is 0.497 e. The molecule has 1 aromatic carbocycles. The van der Waals surface area contributed by atoms with E-state index in [1.807, 2.05) is 31.2 Å². The highest BCUT2D eigenvalue weighted by molar-refractivity contribution is 5.40. The first-order valence-corrected chi connectivity index (χ1v) is 8.14. The molecule has 0 radical (unpaired) electrons. The highest BCUT2D eigenvalue weighted by Gasteiger charge is 2.29. The zero-order valence-corrected chi connectivity index (χ0v) is 14.4. The van der Waals surface area contributed by atoms with Crippen molar-refractivity contribution in [1.29, 1.82) is 0 Å². The number of hydrogen-bond donors (Lipinski definition) is 1. The molecule has 0 aliphatic carbocycles. The summed E-state index contributed by atoms with van der Waals surface area (Å²) in [6, 6.07) is 8.08. The van der Waals surface area contributed by atoms with E-state index >= 15 is 0 Å². The lowest BCUT2D eigenvalue weighted by Crippen LogP contribution is -2.36. The summed E-state index contributed by atoms with van der Waals surface area (Å²) in [6.07, 6.45) is 0.827. The van der Waals surface area contributed by atoms with Crippen LogP contribution in [0.2, 0.25) is 0 Å². The summed E-state index contributed by atoms with van der Waals surface area (Å²) in [4.78, 5) is 0. The second-order valence-corrected chi connectivity index (χ2v) is 6.10. The molecule has 3 rings (SSSR count). The second-order valence-electron chi connectivity index (χ2n) is 6.10. The Labute approximate surface area is 142 Å². The fraction of sp³-hybridized carbons (Fsp3) is 0.500. The van der Waals surface area contributed by atoms with Crippen LogP contribution in [0, 0.1) is 12.8 Å². The topological polar surface area (TPSA) is 65.8 Å². The Morgan fingerprint density at radius 3 is 2.79 bits per heavy atom. The van der Waals surface area contributed by atoms with Gasteiger partial charge in [0, 0.05) is 36.6 Å². The summed E-state index contributed by atoms with van der Waals surface area (Å²) >= 11 is 0. The van der Waals surface area contributed by atoms with Crippen LogP contribution in [0.4, 0.5) is 0 Å². The number of ether oxygens (including phenoxy) is 3. The van der Waals surface area contributed by atoms with E-state index in [-0.39, 0.29) is 6.04 Å². The molecular formula is C18H24N2O4. The molecule has 1 N–H and O–H groups in total. The monoisotopic (exact) mass is 332 g/mol. The molecule has 1 aliphatic rings. The molecule has 0 unspecified atom stereocenters. The molecule has 1 aromatic heterocycles. The fourth-order valence-electron chi connectivity index (χ4n) is 3.06. The van der Waals surface area contributed by atoms with Gasteiger partial charge in [0.2, 0.25) is 0 Å². The van der Waals surface area contributed by atoms with Crippen molar-refractivity contribution in [3.8, 4) is 11.5 Å². The van der Waals surface area contributed by atoms with Crippen LogP contribution in [0.5, 0.6) is 11.5 Å². The first-order valence-electron chi connectivity index (χ1n) is 8.14. The minimum atomic E-state index is 0.270. The third-order valence-corrected chi connectivity index (χ3v) is 4.38. The zero-order valence-electron chi connectivity index (χ0n) is 14.4. The van der Waals surface area contributed by atoms with Gasteiger partial charge >= 0.3 is 0 Å². The van der Waals surface area contributed by atoms with Crippen LogP contribution in [0.1, 0.15) is 17.0 Å². The molecule has 2 aromatic rings. The maximum atomic E-state index is 5.66. The van der Waals surface area contributed by atoms with Crippen molar-refractivity contribution >= 4 is 0 Å². The average Bonchev–Trinajstić information content (AvgIpc) is 3.21. The van der Waals surface area contributed by atoms with Crippen LogP contribution in [0.25, 0.3) is 0 Å². The lowest BCUT2D eigenvalue weighted by molar-refractivity contribution is 0.181. The Bertz CT molecular complexity index is 671. The van der Waals surface area contributed by atoms with Gasteiger partial charge in [-0.3, -0.25) is 0 Å². The van der Waals surface area contributed by atoms with E-state index in [4.69, 9.17) is 18.7 Å². The van der Waals surface area contributed by atoms with Crippen molar-refractivity contribution in [2.24, 2.45) is 5.92 Å². The molecule has 1 saturated heterocycles. The van der Waals surface area contributed by atoms with Gasteiger partial charge in [0.05, 0.1) is 33.1 Å². The molecule has 6 nitrogen and oxygen atoms in total. The summed E-state index contributed by atoms with van der Waals surface area (Å²) in [7, 11) is 3.35. The average molecular weight is 332 g/mol. The highest BCUT2D eigenvalue weighted by atomic mass is 16.5. The van der Waals surface area contributed by atoms with Crippen molar-refractivity contribution in [3.05, 3.63) is 41.3 Å². The van der Waals surface area contributed by atoms with Crippen molar-refractivity contribution in [1.82, 2.24) is 10.5 Å². The lowest BCUT2D eigenvalue weighted by atomic mass is 9.98. The van der Waals surface area contributed by atoms with E-state index in [9.17, 15) is 0 Å². The van der Waals surface area contributed by atoms with Crippen LogP contribution in [-0.4, -0.2) is 38.6 Å². The summed E-state index contributed by atoms with van der Waals surface area (Å²) < 4.78 is 21.7. The van der Waals surface area contributed by atoms with Crippen molar-refractivity contribution < 1.29 is 18.7 Å². The molecule has 1 fully saturated rings. The van der Waals surface area contributed by atoms with E-state index < -0.39 is 0 Å². The molecular weight excluding hydrogens is 308 g/mol. The summed E-state index contributed by atoms with van der Waals surface area (Å²) in [5.41, 5.74) is 1.98. The van der Waals surface area contributed by atoms with E-state index in [0.717, 1.165) is 41.5 Å². The van der Waals surface area contributed by atoms with Crippen molar-refractivity contribution in [3.63, 3.8) is 0 Å². The molecule has 0 amide bonds. The second kappa shape index (κ2) is 7.68. The van der Waals surface area contributed by atoms with Crippen LogP contribution >= 0.6 is 0 Å². The van der Waals surface area contributed by atoms with Crippen LogP contribution in [0.3, 0.4) is 0 Å². The molecule has 2 heterocycles. The van der Waals surface area contributed by atoms with E-state index in [1.165, 1.54) is 0 Å². The Morgan fingerprint density at radius 2 is 2.08 bits per heavy atom. The third-order valence-electron chi connectivity index (χ3n) is 4.38. The van der Waals surface area contributed by atoms with Gasteiger partial charge in [0.25, 0.3) is 0 Å². The number of nitrogens with one attached hydrogen (secondary N) is 1. The number of aromatic nitrogens is 1. The predicted octanol–water partition coefficient (Wildman–Crippen LogP) is 2.35. The molecule has 6 heteroatoms. The van der Waals surface area contributed by atoms with Crippen LogP contribution < -0.4 is 14.8 Å². The van der Waals surface area contributed by atoms with E-state index in [2.05, 4.69) is 10.5 Å². The normalized spacial score (nSPS) is 20.3. The number of rotatable bonds is 7. The molecule has 130 valence electrons. The number of aryl methyl sites for hydroxylation is 1. The number of methoxy groups -OCH3 is 2. The number of benzene rings is 1. The van der Waals surface area contributed by atoms with Gasteiger partial charge in [-0.25, -0.2) is 0 Å². The predicted molar refractivity (Wildman–Crippen MR) is 89.4 cm³/mol. The highest BCUT2D eigenvalue weighted by Crippen LogP contribution is 2.25. The zero-order chi connectivity index (χ0) is 16.9.